The molecule has 2 N–H and O–H groups in total. The molecule has 1 aromatic rings. The van der Waals surface area contributed by atoms with Gasteiger partial charge in [-0.3, -0.25) is 4.90 Å². The van der Waals surface area contributed by atoms with Crippen LogP contribution in [0.2, 0.25) is 0 Å². The fourth-order valence-corrected chi connectivity index (χ4v) is 1.87. The maximum Gasteiger partial charge on any atom is 0.180 e. The van der Waals surface area contributed by atoms with E-state index in [0.29, 0.717) is 5.13 Å². The molecule has 5 heteroatoms. The van der Waals surface area contributed by atoms with Gasteiger partial charge in [-0.2, -0.15) is 0 Å². The van der Waals surface area contributed by atoms with Gasteiger partial charge in [-0.25, -0.2) is 4.98 Å². The van der Waals surface area contributed by atoms with Crippen molar-refractivity contribution in [2.45, 2.75) is 13.5 Å². The van der Waals surface area contributed by atoms with E-state index in [1.54, 1.807) is 0 Å². The third kappa shape index (κ3) is 4.04. The predicted octanol–water partition coefficient (Wildman–Crippen LogP) is 1.19. The lowest BCUT2D eigenvalue weighted by Gasteiger charge is -2.14. The molecule has 0 radical (unpaired) electrons. The van der Waals surface area contributed by atoms with Crippen molar-refractivity contribution in [3.8, 4) is 0 Å². The molecular formula is C9H17N3OS. The number of nitrogens with zero attached hydrogens (tertiary/aromatic N) is 2. The van der Waals surface area contributed by atoms with E-state index in [0.717, 1.165) is 26.3 Å². The number of ether oxygens (including phenoxy) is 1. The molecule has 1 rings (SSSR count). The molecule has 0 amide bonds. The van der Waals surface area contributed by atoms with Gasteiger partial charge in [0.2, 0.25) is 0 Å². The number of likely N-dealkylation sites (N-methyl/N-ethyl adjacent to an activating group) is 1. The van der Waals surface area contributed by atoms with Gasteiger partial charge in [-0.15, -0.1) is 11.3 Å². The van der Waals surface area contributed by atoms with Gasteiger partial charge >= 0.3 is 0 Å². The summed E-state index contributed by atoms with van der Waals surface area (Å²) in [7, 11) is 2.06. The first kappa shape index (κ1) is 11.4. The highest BCUT2D eigenvalue weighted by Gasteiger charge is 2.02. The molecule has 0 saturated heterocycles. The van der Waals surface area contributed by atoms with Crippen molar-refractivity contribution in [1.82, 2.24) is 9.88 Å². The summed E-state index contributed by atoms with van der Waals surface area (Å²) in [6.07, 6.45) is 1.83. The van der Waals surface area contributed by atoms with Crippen LogP contribution in [0.5, 0.6) is 0 Å². The lowest BCUT2D eigenvalue weighted by atomic mass is 10.5. The minimum Gasteiger partial charge on any atom is -0.380 e. The third-order valence-corrected chi connectivity index (χ3v) is 2.63. The minimum absolute atomic E-state index is 0.637. The van der Waals surface area contributed by atoms with Gasteiger partial charge in [0, 0.05) is 30.8 Å². The highest BCUT2D eigenvalue weighted by Crippen LogP contribution is 2.15. The molecule has 0 aromatic carbocycles. The number of aromatic nitrogens is 1. The molecule has 0 saturated carbocycles. The number of thiazole rings is 1. The fourth-order valence-electron chi connectivity index (χ4n) is 1.11. The SMILES string of the molecule is CCOCCN(C)Cc1cnc(N)s1. The number of nitrogen functional groups attached to an aromatic ring is 1. The van der Waals surface area contributed by atoms with Crippen molar-refractivity contribution in [2.75, 3.05) is 32.5 Å². The summed E-state index contributed by atoms with van der Waals surface area (Å²) in [4.78, 5) is 7.40. The molecule has 0 bridgehead atoms. The van der Waals surface area contributed by atoms with E-state index >= 15 is 0 Å². The van der Waals surface area contributed by atoms with Crippen LogP contribution in [0.1, 0.15) is 11.8 Å². The summed E-state index contributed by atoms with van der Waals surface area (Å²) in [5.41, 5.74) is 5.54. The monoisotopic (exact) mass is 215 g/mol. The van der Waals surface area contributed by atoms with Crippen LogP contribution in [0.4, 0.5) is 5.13 Å². The first-order chi connectivity index (χ1) is 6.72. The molecule has 0 atom stereocenters. The molecule has 1 heterocycles. The van der Waals surface area contributed by atoms with Crippen molar-refractivity contribution in [3.63, 3.8) is 0 Å². The lowest BCUT2D eigenvalue weighted by Crippen LogP contribution is -2.22. The first-order valence-corrected chi connectivity index (χ1v) is 5.50. The average molecular weight is 215 g/mol. The predicted molar refractivity (Wildman–Crippen MR) is 59.4 cm³/mol. The van der Waals surface area contributed by atoms with Gasteiger partial charge in [-0.05, 0) is 14.0 Å². The van der Waals surface area contributed by atoms with E-state index in [9.17, 15) is 0 Å². The van der Waals surface area contributed by atoms with Crippen LogP contribution in [0.15, 0.2) is 6.20 Å². The van der Waals surface area contributed by atoms with Gasteiger partial charge < -0.3 is 10.5 Å². The molecule has 1 aromatic heterocycles. The maximum absolute atomic E-state index is 5.54. The molecule has 4 nitrogen and oxygen atoms in total. The molecule has 0 aliphatic heterocycles. The van der Waals surface area contributed by atoms with Crippen molar-refractivity contribution < 1.29 is 4.74 Å². The van der Waals surface area contributed by atoms with Gasteiger partial charge in [0.1, 0.15) is 0 Å². The molecule has 80 valence electrons. The summed E-state index contributed by atoms with van der Waals surface area (Å²) in [6.45, 7) is 5.39. The second-order valence-corrected chi connectivity index (χ2v) is 4.25. The van der Waals surface area contributed by atoms with Crippen LogP contribution in [0, 0.1) is 0 Å². The Morgan fingerprint density at radius 2 is 2.43 bits per heavy atom. The molecule has 0 unspecified atom stereocenters. The average Bonchev–Trinajstić information content (AvgIpc) is 2.52. The Kier molecular flexibility index (Phi) is 4.86. The van der Waals surface area contributed by atoms with E-state index < -0.39 is 0 Å². The highest BCUT2D eigenvalue weighted by molar-refractivity contribution is 7.15. The number of nitrogens with two attached hydrogens (primary N) is 1. The summed E-state index contributed by atoms with van der Waals surface area (Å²) < 4.78 is 5.27. The van der Waals surface area contributed by atoms with Crippen LogP contribution in [0.3, 0.4) is 0 Å². The second-order valence-electron chi connectivity index (χ2n) is 3.10. The molecule has 0 aliphatic carbocycles. The zero-order chi connectivity index (χ0) is 10.4. The highest BCUT2D eigenvalue weighted by atomic mass is 32.1. The normalized spacial score (nSPS) is 11.1. The molecule has 14 heavy (non-hydrogen) atoms. The smallest absolute Gasteiger partial charge is 0.180 e. The Hall–Kier alpha value is -0.650. The van der Waals surface area contributed by atoms with Crippen molar-refractivity contribution in [3.05, 3.63) is 11.1 Å². The first-order valence-electron chi connectivity index (χ1n) is 4.69. The number of hydrogen-bond donors (Lipinski definition) is 1. The van der Waals surface area contributed by atoms with E-state index in [1.807, 2.05) is 13.1 Å². The number of anilines is 1. The van der Waals surface area contributed by atoms with Gasteiger partial charge in [0.15, 0.2) is 5.13 Å². The Balaban J connectivity index is 2.23. The van der Waals surface area contributed by atoms with E-state index in [-0.39, 0.29) is 0 Å². The fraction of sp³-hybridized carbons (Fsp3) is 0.667. The topological polar surface area (TPSA) is 51.4 Å². The van der Waals surface area contributed by atoms with Crippen LogP contribution in [-0.2, 0) is 11.3 Å². The summed E-state index contributed by atoms with van der Waals surface area (Å²) in [6, 6.07) is 0. The van der Waals surface area contributed by atoms with Crippen molar-refractivity contribution in [2.24, 2.45) is 0 Å². The van der Waals surface area contributed by atoms with E-state index in [1.165, 1.54) is 16.2 Å². The maximum atomic E-state index is 5.54. The van der Waals surface area contributed by atoms with Gasteiger partial charge in [0.25, 0.3) is 0 Å². The Bertz CT molecular complexity index is 264. The molecule has 0 spiro atoms. The summed E-state index contributed by atoms with van der Waals surface area (Å²) >= 11 is 1.54. The van der Waals surface area contributed by atoms with Crippen molar-refractivity contribution in [1.29, 1.82) is 0 Å². The molecule has 0 fully saturated rings. The molecule has 0 aliphatic rings. The van der Waals surface area contributed by atoms with Crippen LogP contribution in [-0.4, -0.2) is 36.7 Å². The zero-order valence-corrected chi connectivity index (χ0v) is 9.51. The van der Waals surface area contributed by atoms with Crippen LogP contribution >= 0.6 is 11.3 Å². The Morgan fingerprint density at radius 1 is 1.64 bits per heavy atom. The standard InChI is InChI=1S/C9H17N3OS/c1-3-13-5-4-12(2)7-8-6-11-9(10)14-8/h6H,3-5,7H2,1-2H3,(H2,10,11). The lowest BCUT2D eigenvalue weighted by molar-refractivity contribution is 0.120. The Labute approximate surface area is 88.7 Å². The largest absolute Gasteiger partial charge is 0.380 e. The number of hydrogen-bond acceptors (Lipinski definition) is 5. The van der Waals surface area contributed by atoms with Gasteiger partial charge in [0.05, 0.1) is 6.61 Å². The Morgan fingerprint density at radius 3 is 3.00 bits per heavy atom. The minimum atomic E-state index is 0.637. The van der Waals surface area contributed by atoms with Gasteiger partial charge in [-0.1, -0.05) is 0 Å². The summed E-state index contributed by atoms with van der Waals surface area (Å²) in [5.74, 6) is 0. The van der Waals surface area contributed by atoms with Crippen LogP contribution < -0.4 is 5.73 Å². The molecular weight excluding hydrogens is 198 g/mol. The number of rotatable bonds is 6. The second kappa shape index (κ2) is 5.95. The zero-order valence-electron chi connectivity index (χ0n) is 8.69. The van der Waals surface area contributed by atoms with Crippen LogP contribution in [0.25, 0.3) is 0 Å². The van der Waals surface area contributed by atoms with E-state index in [2.05, 4.69) is 16.9 Å². The third-order valence-electron chi connectivity index (χ3n) is 1.82. The van der Waals surface area contributed by atoms with Crippen molar-refractivity contribution >= 4 is 16.5 Å². The quantitative estimate of drug-likeness (QED) is 0.724. The summed E-state index contributed by atoms with van der Waals surface area (Å²) in [5, 5.41) is 0.637. The van der Waals surface area contributed by atoms with E-state index in [4.69, 9.17) is 10.5 Å².